The van der Waals surface area contributed by atoms with Gasteiger partial charge < -0.3 is 4.74 Å². The van der Waals surface area contributed by atoms with Crippen LogP contribution in [0.15, 0.2) is 81.6 Å². The first-order valence-electron chi connectivity index (χ1n) is 8.60. The molecule has 1 aromatic heterocycles. The lowest BCUT2D eigenvalue weighted by molar-refractivity contribution is 0.340. The van der Waals surface area contributed by atoms with Gasteiger partial charge in [0, 0.05) is 33.6 Å². The largest absolute Gasteiger partial charge is 0.494 e. The van der Waals surface area contributed by atoms with E-state index in [2.05, 4.69) is 31.4 Å². The number of nitrogens with one attached hydrogen (secondary N) is 1. The van der Waals surface area contributed by atoms with Crippen LogP contribution in [0.25, 0.3) is 0 Å². The number of aromatic nitrogens is 1. The average Bonchev–Trinajstić information content (AvgIpc) is 2.89. The summed E-state index contributed by atoms with van der Waals surface area (Å²) in [5, 5.41) is 4.64. The number of hydrazone groups is 1. The number of nitrogens with zero attached hydrogens (tertiary/aromatic N) is 3. The predicted octanol–water partition coefficient (Wildman–Crippen LogP) is 4.68. The van der Waals surface area contributed by atoms with Crippen molar-refractivity contribution in [1.29, 1.82) is 0 Å². The molecule has 0 saturated heterocycles. The van der Waals surface area contributed by atoms with E-state index < -0.39 is 0 Å². The van der Waals surface area contributed by atoms with Gasteiger partial charge >= 0.3 is 0 Å². The van der Waals surface area contributed by atoms with E-state index >= 15 is 0 Å². The molecule has 0 radical (unpaired) electrons. The van der Waals surface area contributed by atoms with E-state index in [9.17, 15) is 0 Å². The number of amidine groups is 1. The number of fused-ring (bicyclic) bond motifs is 1. The average molecular weight is 421 g/mol. The second kappa shape index (κ2) is 7.72. The number of rotatable bonds is 4. The topological polar surface area (TPSA) is 58.9 Å². The Morgan fingerprint density at radius 3 is 2.63 bits per heavy atom. The zero-order valence-corrected chi connectivity index (χ0v) is 16.3. The molecule has 4 rings (SSSR count). The third-order valence-electron chi connectivity index (χ3n) is 4.09. The number of pyridine rings is 1. The number of ether oxygens (including phenoxy) is 1. The van der Waals surface area contributed by atoms with Crippen molar-refractivity contribution < 1.29 is 4.74 Å². The molecule has 0 saturated carbocycles. The van der Waals surface area contributed by atoms with Crippen LogP contribution in [-0.2, 0) is 0 Å². The van der Waals surface area contributed by atoms with Crippen molar-refractivity contribution >= 4 is 33.2 Å². The van der Waals surface area contributed by atoms with Crippen LogP contribution < -0.4 is 10.2 Å². The maximum Gasteiger partial charge on any atom is 0.154 e. The van der Waals surface area contributed by atoms with Gasteiger partial charge in [0.25, 0.3) is 0 Å². The summed E-state index contributed by atoms with van der Waals surface area (Å²) in [6, 6.07) is 17.7. The van der Waals surface area contributed by atoms with E-state index in [1.807, 2.05) is 61.5 Å². The van der Waals surface area contributed by atoms with Gasteiger partial charge in [0.15, 0.2) is 5.84 Å². The van der Waals surface area contributed by atoms with Crippen LogP contribution in [0, 0.1) is 0 Å². The highest BCUT2D eigenvalue weighted by Crippen LogP contribution is 2.29. The van der Waals surface area contributed by atoms with Crippen molar-refractivity contribution in [3.8, 4) is 5.75 Å². The summed E-state index contributed by atoms with van der Waals surface area (Å²) < 4.78 is 6.69. The van der Waals surface area contributed by atoms with Gasteiger partial charge in [0.05, 0.1) is 12.3 Å². The Morgan fingerprint density at radius 1 is 1.04 bits per heavy atom. The molecule has 3 aromatic rings. The maximum atomic E-state index is 5.68. The third kappa shape index (κ3) is 3.75. The Hall–Kier alpha value is -2.99. The smallest absolute Gasteiger partial charge is 0.154 e. The molecule has 0 bridgehead atoms. The molecule has 0 fully saturated rings. The van der Waals surface area contributed by atoms with Crippen LogP contribution >= 0.6 is 15.9 Å². The van der Waals surface area contributed by atoms with Crippen molar-refractivity contribution in [2.45, 2.75) is 6.92 Å². The fourth-order valence-corrected chi connectivity index (χ4v) is 3.10. The summed E-state index contributed by atoms with van der Waals surface area (Å²) >= 11 is 3.46. The van der Waals surface area contributed by atoms with E-state index in [-0.39, 0.29) is 0 Å². The van der Waals surface area contributed by atoms with Gasteiger partial charge in [0.2, 0.25) is 0 Å². The van der Waals surface area contributed by atoms with E-state index in [0.717, 1.165) is 38.3 Å². The van der Waals surface area contributed by atoms with Crippen molar-refractivity contribution in [2.24, 2.45) is 10.1 Å². The van der Waals surface area contributed by atoms with Crippen LogP contribution in [0.4, 0.5) is 5.69 Å². The van der Waals surface area contributed by atoms with Gasteiger partial charge in [0.1, 0.15) is 11.5 Å². The molecular formula is C21H17BrN4O. The number of halogens is 1. The molecular weight excluding hydrogens is 404 g/mol. The highest BCUT2D eigenvalue weighted by atomic mass is 79.9. The summed E-state index contributed by atoms with van der Waals surface area (Å²) in [6.45, 7) is 2.57. The number of hydrogen-bond donors (Lipinski definition) is 1. The minimum Gasteiger partial charge on any atom is -0.494 e. The van der Waals surface area contributed by atoms with Crippen LogP contribution in [0.1, 0.15) is 23.6 Å². The maximum absolute atomic E-state index is 5.68. The fourth-order valence-electron chi connectivity index (χ4n) is 2.83. The van der Waals surface area contributed by atoms with Gasteiger partial charge in [-0.3, -0.25) is 10.4 Å². The zero-order chi connectivity index (χ0) is 18.6. The number of benzene rings is 2. The lowest BCUT2D eigenvalue weighted by Gasteiger charge is -2.10. The predicted molar refractivity (Wildman–Crippen MR) is 111 cm³/mol. The molecule has 1 aliphatic rings. The number of hydrogen-bond acceptors (Lipinski definition) is 5. The molecule has 2 aromatic carbocycles. The van der Waals surface area contributed by atoms with E-state index in [1.54, 1.807) is 12.4 Å². The normalized spacial score (nSPS) is 13.0. The Kier molecular flexibility index (Phi) is 4.98. The highest BCUT2D eigenvalue weighted by Gasteiger charge is 2.18. The van der Waals surface area contributed by atoms with E-state index in [1.165, 1.54) is 0 Å². The van der Waals surface area contributed by atoms with Crippen molar-refractivity contribution in [2.75, 3.05) is 6.61 Å². The monoisotopic (exact) mass is 420 g/mol. The van der Waals surface area contributed by atoms with Crippen LogP contribution in [0.3, 0.4) is 0 Å². The first kappa shape index (κ1) is 17.4. The molecule has 6 heteroatoms. The van der Waals surface area contributed by atoms with Gasteiger partial charge in [-0.15, -0.1) is 0 Å². The molecule has 1 aliphatic heterocycles. The summed E-state index contributed by atoms with van der Waals surface area (Å²) in [5.41, 5.74) is 7.47. The number of aliphatic imine (C=N–C) groups is 1. The van der Waals surface area contributed by atoms with Gasteiger partial charge in [-0.1, -0.05) is 28.1 Å². The molecule has 2 heterocycles. The Balaban J connectivity index is 1.85. The van der Waals surface area contributed by atoms with Crippen molar-refractivity contribution in [3.63, 3.8) is 0 Å². The van der Waals surface area contributed by atoms with Gasteiger partial charge in [-0.25, -0.2) is 4.99 Å². The molecule has 0 aliphatic carbocycles. The second-order valence-corrected chi connectivity index (χ2v) is 6.81. The molecule has 1 N–H and O–H groups in total. The third-order valence-corrected chi connectivity index (χ3v) is 4.62. The molecule has 0 spiro atoms. The lowest BCUT2D eigenvalue weighted by Crippen LogP contribution is -2.19. The summed E-state index contributed by atoms with van der Waals surface area (Å²) in [5.74, 6) is 1.47. The van der Waals surface area contributed by atoms with Crippen LogP contribution in [-0.4, -0.2) is 23.1 Å². The molecule has 5 nitrogen and oxygen atoms in total. The van der Waals surface area contributed by atoms with Crippen LogP contribution in [0.5, 0.6) is 5.75 Å². The Morgan fingerprint density at radius 2 is 1.89 bits per heavy atom. The first-order chi connectivity index (χ1) is 13.2. The van der Waals surface area contributed by atoms with Gasteiger partial charge in [-0.2, -0.15) is 5.10 Å². The SMILES string of the molecule is CCOc1ccc2c(c1)C(c1cccnc1)=NNC(c1ccc(Br)cc1)=N2. The first-order valence-corrected chi connectivity index (χ1v) is 9.40. The Bertz CT molecular complexity index is 1010. The summed E-state index contributed by atoms with van der Waals surface area (Å²) in [4.78, 5) is 9.04. The Labute approximate surface area is 166 Å². The zero-order valence-electron chi connectivity index (χ0n) is 14.7. The summed E-state index contributed by atoms with van der Waals surface area (Å²) in [6.07, 6.45) is 3.54. The van der Waals surface area contributed by atoms with Crippen molar-refractivity contribution in [3.05, 3.63) is 88.2 Å². The van der Waals surface area contributed by atoms with E-state index in [4.69, 9.17) is 9.73 Å². The minimum atomic E-state index is 0.601. The summed E-state index contributed by atoms with van der Waals surface area (Å²) in [7, 11) is 0. The molecule has 0 unspecified atom stereocenters. The van der Waals surface area contributed by atoms with Crippen molar-refractivity contribution in [1.82, 2.24) is 10.4 Å². The quantitative estimate of drug-likeness (QED) is 0.666. The molecule has 0 amide bonds. The lowest BCUT2D eigenvalue weighted by atomic mass is 10.0. The standard InChI is InChI=1S/C21H17BrN4O/c1-2-27-17-9-10-19-18(12-17)20(15-4-3-11-23-13-15)25-26-21(24-19)14-5-7-16(22)8-6-14/h3-13H,2H2,1H3,(H,24,26). The molecule has 0 atom stereocenters. The molecule has 134 valence electrons. The van der Waals surface area contributed by atoms with Crippen LogP contribution in [0.2, 0.25) is 0 Å². The highest BCUT2D eigenvalue weighted by molar-refractivity contribution is 9.10. The molecule has 27 heavy (non-hydrogen) atoms. The second-order valence-electron chi connectivity index (χ2n) is 5.89. The fraction of sp³-hybridized carbons (Fsp3) is 0.0952. The minimum absolute atomic E-state index is 0.601. The van der Waals surface area contributed by atoms with E-state index in [0.29, 0.717) is 12.4 Å². The van der Waals surface area contributed by atoms with Gasteiger partial charge in [-0.05, 0) is 49.4 Å².